The zero-order valence-electron chi connectivity index (χ0n) is 9.60. The van der Waals surface area contributed by atoms with Gasteiger partial charge < -0.3 is 5.73 Å². The van der Waals surface area contributed by atoms with Gasteiger partial charge in [0.15, 0.2) is 0 Å². The van der Waals surface area contributed by atoms with Crippen LogP contribution in [0.25, 0.3) is 0 Å². The number of hydrogen-bond acceptors (Lipinski definition) is 1. The summed E-state index contributed by atoms with van der Waals surface area (Å²) in [5.74, 6) is 0.989. The standard InChI is InChI=1S/C13H25N/c1-13(9-3-2-4-10-13)11-5-7-12(14)8-6-11/h11-12H,2-10,14H2,1H3/t11-,12+. The van der Waals surface area contributed by atoms with Gasteiger partial charge in [0.05, 0.1) is 0 Å². The third-order valence-electron chi connectivity index (χ3n) is 4.75. The Hall–Kier alpha value is -0.0400. The van der Waals surface area contributed by atoms with E-state index < -0.39 is 0 Å². The first-order chi connectivity index (χ1) is 6.71. The fourth-order valence-corrected chi connectivity index (χ4v) is 3.58. The normalized spacial score (nSPS) is 38.1. The van der Waals surface area contributed by atoms with Crippen LogP contribution in [-0.4, -0.2) is 6.04 Å². The molecule has 2 fully saturated rings. The molecule has 0 bridgehead atoms. The van der Waals surface area contributed by atoms with Crippen molar-refractivity contribution in [3.05, 3.63) is 0 Å². The minimum atomic E-state index is 0.512. The molecule has 2 aliphatic rings. The van der Waals surface area contributed by atoms with Crippen LogP contribution in [0.5, 0.6) is 0 Å². The van der Waals surface area contributed by atoms with Gasteiger partial charge in [0, 0.05) is 6.04 Å². The van der Waals surface area contributed by atoms with Gasteiger partial charge in [0.2, 0.25) is 0 Å². The predicted octanol–water partition coefficient (Wildman–Crippen LogP) is 3.47. The summed E-state index contributed by atoms with van der Waals surface area (Å²) >= 11 is 0. The Morgan fingerprint density at radius 3 is 2.07 bits per heavy atom. The van der Waals surface area contributed by atoms with Gasteiger partial charge in [-0.15, -0.1) is 0 Å². The lowest BCUT2D eigenvalue weighted by Gasteiger charge is -2.43. The molecule has 0 unspecified atom stereocenters. The smallest absolute Gasteiger partial charge is 0.00390 e. The van der Waals surface area contributed by atoms with Gasteiger partial charge in [0.25, 0.3) is 0 Å². The van der Waals surface area contributed by atoms with Crippen LogP contribution in [0.4, 0.5) is 0 Å². The minimum absolute atomic E-state index is 0.512. The summed E-state index contributed by atoms with van der Waals surface area (Å²) in [6.45, 7) is 2.54. The molecule has 82 valence electrons. The van der Waals surface area contributed by atoms with Crippen LogP contribution in [0.2, 0.25) is 0 Å². The molecule has 2 saturated carbocycles. The highest BCUT2D eigenvalue weighted by Crippen LogP contribution is 2.47. The molecule has 0 spiro atoms. The van der Waals surface area contributed by atoms with E-state index in [4.69, 9.17) is 5.73 Å². The number of rotatable bonds is 1. The van der Waals surface area contributed by atoms with E-state index in [-0.39, 0.29) is 0 Å². The predicted molar refractivity (Wildman–Crippen MR) is 61.1 cm³/mol. The molecule has 0 aromatic carbocycles. The lowest BCUT2D eigenvalue weighted by atomic mass is 9.62. The quantitative estimate of drug-likeness (QED) is 0.681. The Morgan fingerprint density at radius 1 is 0.929 bits per heavy atom. The van der Waals surface area contributed by atoms with Crippen LogP contribution >= 0.6 is 0 Å². The van der Waals surface area contributed by atoms with E-state index in [0.717, 1.165) is 5.92 Å². The third-order valence-corrected chi connectivity index (χ3v) is 4.75. The molecular formula is C13H25N. The molecule has 2 N–H and O–H groups in total. The summed E-state index contributed by atoms with van der Waals surface area (Å²) in [4.78, 5) is 0. The molecule has 0 aromatic heterocycles. The maximum absolute atomic E-state index is 5.97. The Labute approximate surface area is 88.4 Å². The molecule has 0 atom stereocenters. The second kappa shape index (κ2) is 4.22. The molecular weight excluding hydrogens is 170 g/mol. The van der Waals surface area contributed by atoms with Crippen molar-refractivity contribution in [2.45, 2.75) is 70.8 Å². The van der Waals surface area contributed by atoms with Gasteiger partial charge in [-0.1, -0.05) is 26.2 Å². The second-order valence-electron chi connectivity index (χ2n) is 5.83. The van der Waals surface area contributed by atoms with E-state index in [1.807, 2.05) is 0 Å². The highest BCUT2D eigenvalue weighted by Gasteiger charge is 2.36. The van der Waals surface area contributed by atoms with Crippen molar-refractivity contribution in [2.24, 2.45) is 17.1 Å². The summed E-state index contributed by atoms with van der Waals surface area (Å²) in [5, 5.41) is 0. The number of hydrogen-bond donors (Lipinski definition) is 1. The van der Waals surface area contributed by atoms with E-state index in [2.05, 4.69) is 6.92 Å². The average Bonchev–Trinajstić information content (AvgIpc) is 2.19. The van der Waals surface area contributed by atoms with Gasteiger partial charge in [-0.3, -0.25) is 0 Å². The van der Waals surface area contributed by atoms with Crippen molar-refractivity contribution in [3.63, 3.8) is 0 Å². The first-order valence-electron chi connectivity index (χ1n) is 6.46. The largest absolute Gasteiger partial charge is 0.328 e. The zero-order valence-corrected chi connectivity index (χ0v) is 9.60. The van der Waals surface area contributed by atoms with E-state index in [0.29, 0.717) is 11.5 Å². The first kappa shape index (κ1) is 10.5. The van der Waals surface area contributed by atoms with Crippen molar-refractivity contribution in [2.75, 3.05) is 0 Å². The topological polar surface area (TPSA) is 26.0 Å². The number of nitrogens with two attached hydrogens (primary N) is 1. The van der Waals surface area contributed by atoms with Gasteiger partial charge in [0.1, 0.15) is 0 Å². The zero-order chi connectivity index (χ0) is 10.0. The van der Waals surface area contributed by atoms with E-state index in [1.54, 1.807) is 0 Å². The summed E-state index contributed by atoms with van der Waals surface area (Å²) < 4.78 is 0. The maximum atomic E-state index is 5.97. The van der Waals surface area contributed by atoms with Crippen LogP contribution in [0.15, 0.2) is 0 Å². The van der Waals surface area contributed by atoms with Gasteiger partial charge in [-0.25, -0.2) is 0 Å². The molecule has 0 radical (unpaired) electrons. The van der Waals surface area contributed by atoms with E-state index in [1.165, 1.54) is 57.8 Å². The molecule has 0 heterocycles. The van der Waals surface area contributed by atoms with Crippen LogP contribution in [0.1, 0.15) is 64.7 Å². The fraction of sp³-hybridized carbons (Fsp3) is 1.00. The van der Waals surface area contributed by atoms with Gasteiger partial charge >= 0.3 is 0 Å². The molecule has 14 heavy (non-hydrogen) atoms. The summed E-state index contributed by atoms with van der Waals surface area (Å²) in [7, 11) is 0. The third kappa shape index (κ3) is 2.13. The fourth-order valence-electron chi connectivity index (χ4n) is 3.58. The summed E-state index contributed by atoms with van der Waals surface area (Å²) in [5.41, 5.74) is 6.65. The van der Waals surface area contributed by atoms with Gasteiger partial charge in [-0.05, 0) is 49.9 Å². The van der Waals surface area contributed by atoms with Crippen molar-refractivity contribution < 1.29 is 0 Å². The van der Waals surface area contributed by atoms with Crippen molar-refractivity contribution in [1.82, 2.24) is 0 Å². The monoisotopic (exact) mass is 195 g/mol. The minimum Gasteiger partial charge on any atom is -0.328 e. The van der Waals surface area contributed by atoms with E-state index >= 15 is 0 Å². The molecule has 0 saturated heterocycles. The highest BCUT2D eigenvalue weighted by molar-refractivity contribution is 4.88. The molecule has 2 aliphatic carbocycles. The Kier molecular flexibility index (Phi) is 3.16. The van der Waals surface area contributed by atoms with Crippen LogP contribution in [-0.2, 0) is 0 Å². The van der Waals surface area contributed by atoms with Crippen LogP contribution < -0.4 is 5.73 Å². The first-order valence-corrected chi connectivity index (χ1v) is 6.46. The highest BCUT2D eigenvalue weighted by atomic mass is 14.6. The van der Waals surface area contributed by atoms with E-state index in [9.17, 15) is 0 Å². The Morgan fingerprint density at radius 2 is 1.50 bits per heavy atom. The van der Waals surface area contributed by atoms with Crippen molar-refractivity contribution >= 4 is 0 Å². The van der Waals surface area contributed by atoms with Crippen molar-refractivity contribution in [3.8, 4) is 0 Å². The lowest BCUT2D eigenvalue weighted by molar-refractivity contribution is 0.0831. The van der Waals surface area contributed by atoms with Crippen LogP contribution in [0.3, 0.4) is 0 Å². The average molecular weight is 195 g/mol. The molecule has 0 aliphatic heterocycles. The molecule has 2 rings (SSSR count). The van der Waals surface area contributed by atoms with Crippen molar-refractivity contribution in [1.29, 1.82) is 0 Å². The Bertz CT molecular complexity index is 174. The SMILES string of the molecule is CC1([C@H]2CC[C@@H](N)CC2)CCCCC1. The lowest BCUT2D eigenvalue weighted by Crippen LogP contribution is -2.36. The molecule has 1 heteroatoms. The van der Waals surface area contributed by atoms with Crippen LogP contribution in [0, 0.1) is 11.3 Å². The Balaban J connectivity index is 1.92. The van der Waals surface area contributed by atoms with Gasteiger partial charge in [-0.2, -0.15) is 0 Å². The molecule has 0 aromatic rings. The summed E-state index contributed by atoms with van der Waals surface area (Å²) in [6.07, 6.45) is 12.7. The molecule has 1 nitrogen and oxygen atoms in total. The maximum Gasteiger partial charge on any atom is 0.00390 e. The second-order valence-corrected chi connectivity index (χ2v) is 5.83. The molecule has 0 amide bonds. The summed E-state index contributed by atoms with van der Waals surface area (Å²) in [6, 6.07) is 0.512.